The van der Waals surface area contributed by atoms with Crippen LogP contribution in [0.4, 0.5) is 49.5 Å². The van der Waals surface area contributed by atoms with Gasteiger partial charge in [0, 0.05) is 29.7 Å². The summed E-state index contributed by atoms with van der Waals surface area (Å²) in [4.78, 5) is 8.17. The van der Waals surface area contributed by atoms with Gasteiger partial charge in [-0.15, -0.1) is 0 Å². The Balaban J connectivity index is 1.81. The first-order valence-electron chi connectivity index (χ1n) is 8.91. The van der Waals surface area contributed by atoms with Crippen LogP contribution in [0, 0.1) is 6.92 Å². The normalized spacial score (nSPS) is 12.0. The summed E-state index contributed by atoms with van der Waals surface area (Å²) in [6, 6.07) is 8.38. The average Bonchev–Trinajstić information content (AvgIpc) is 2.68. The van der Waals surface area contributed by atoms with Crippen molar-refractivity contribution in [3.63, 3.8) is 0 Å². The summed E-state index contributed by atoms with van der Waals surface area (Å²) < 4.78 is 78.6. The Morgan fingerprint density at radius 2 is 1.61 bits per heavy atom. The van der Waals surface area contributed by atoms with Gasteiger partial charge in [0.25, 0.3) is 0 Å². The molecule has 3 aromatic rings. The van der Waals surface area contributed by atoms with Crippen molar-refractivity contribution in [3.8, 4) is 0 Å². The van der Waals surface area contributed by atoms with Crippen LogP contribution in [0.3, 0.4) is 0 Å². The van der Waals surface area contributed by atoms with E-state index in [9.17, 15) is 26.3 Å². The minimum atomic E-state index is -4.63. The monoisotopic (exact) mass is 441 g/mol. The molecule has 164 valence electrons. The zero-order chi connectivity index (χ0) is 22.8. The smallest absolute Gasteiger partial charge is 0.398 e. The number of hydrogen-bond acceptors (Lipinski definition) is 5. The van der Waals surface area contributed by atoms with Crippen molar-refractivity contribution >= 4 is 23.1 Å². The van der Waals surface area contributed by atoms with Crippen LogP contribution < -0.4 is 16.4 Å². The number of alkyl halides is 6. The summed E-state index contributed by atoms with van der Waals surface area (Å²) in [5, 5.41) is 5.47. The lowest BCUT2D eigenvalue weighted by Gasteiger charge is -2.15. The maximum Gasteiger partial charge on any atom is 0.418 e. The third-order valence-corrected chi connectivity index (χ3v) is 4.36. The van der Waals surface area contributed by atoms with E-state index >= 15 is 0 Å². The number of aromatic nitrogens is 2. The molecule has 1 aromatic heterocycles. The van der Waals surface area contributed by atoms with Gasteiger partial charge in [0.2, 0.25) is 5.95 Å². The van der Waals surface area contributed by atoms with Crippen molar-refractivity contribution in [1.29, 1.82) is 0 Å². The van der Waals surface area contributed by atoms with Crippen LogP contribution in [0.2, 0.25) is 0 Å². The Bertz CT molecular complexity index is 1080. The lowest BCUT2D eigenvalue weighted by Crippen LogP contribution is -2.13. The number of nitrogens with two attached hydrogens (primary N) is 1. The SMILES string of the molecule is Cc1cnc(Nc2ccc(N)c(C(F)(F)F)c2)nc1NCc1ccccc1C(F)(F)F. The third kappa shape index (κ3) is 5.36. The summed E-state index contributed by atoms with van der Waals surface area (Å²) in [5.74, 6) is 0.205. The largest absolute Gasteiger partial charge is 0.418 e. The number of nitrogens with one attached hydrogen (secondary N) is 2. The van der Waals surface area contributed by atoms with E-state index in [1.54, 1.807) is 6.92 Å². The second-order valence-corrected chi connectivity index (χ2v) is 6.66. The van der Waals surface area contributed by atoms with Crippen molar-refractivity contribution in [2.75, 3.05) is 16.4 Å². The minimum Gasteiger partial charge on any atom is -0.398 e. The molecule has 1 heterocycles. The van der Waals surface area contributed by atoms with E-state index < -0.39 is 29.2 Å². The Hall–Kier alpha value is -3.50. The second-order valence-electron chi connectivity index (χ2n) is 6.66. The third-order valence-electron chi connectivity index (χ3n) is 4.36. The van der Waals surface area contributed by atoms with Gasteiger partial charge in [0.1, 0.15) is 5.82 Å². The first kappa shape index (κ1) is 22.2. The number of nitrogen functional groups attached to an aromatic ring is 1. The fourth-order valence-corrected chi connectivity index (χ4v) is 2.82. The lowest BCUT2D eigenvalue weighted by molar-refractivity contribution is -0.138. The lowest BCUT2D eigenvalue weighted by atomic mass is 10.1. The van der Waals surface area contributed by atoms with Gasteiger partial charge in [0.05, 0.1) is 11.1 Å². The number of nitrogens with zero attached hydrogens (tertiary/aromatic N) is 2. The van der Waals surface area contributed by atoms with Gasteiger partial charge in [-0.25, -0.2) is 4.98 Å². The molecule has 0 aliphatic rings. The highest BCUT2D eigenvalue weighted by Gasteiger charge is 2.33. The number of benzene rings is 2. The fraction of sp³-hybridized carbons (Fsp3) is 0.200. The molecule has 11 heteroatoms. The van der Waals surface area contributed by atoms with E-state index in [-0.39, 0.29) is 29.6 Å². The Labute approximate surface area is 173 Å². The van der Waals surface area contributed by atoms with E-state index in [1.165, 1.54) is 30.5 Å². The van der Waals surface area contributed by atoms with Gasteiger partial charge in [-0.1, -0.05) is 18.2 Å². The van der Waals surface area contributed by atoms with Gasteiger partial charge in [-0.3, -0.25) is 0 Å². The van der Waals surface area contributed by atoms with Crippen LogP contribution >= 0.6 is 0 Å². The Kier molecular flexibility index (Phi) is 5.96. The minimum absolute atomic E-state index is 0.0240. The van der Waals surface area contributed by atoms with E-state index in [2.05, 4.69) is 20.6 Å². The molecule has 2 aromatic carbocycles. The van der Waals surface area contributed by atoms with Crippen LogP contribution in [0.5, 0.6) is 0 Å². The van der Waals surface area contributed by atoms with Crippen molar-refractivity contribution in [2.24, 2.45) is 0 Å². The molecular formula is C20H17F6N5. The highest BCUT2D eigenvalue weighted by atomic mass is 19.4. The van der Waals surface area contributed by atoms with Gasteiger partial charge >= 0.3 is 12.4 Å². The van der Waals surface area contributed by atoms with Crippen molar-refractivity contribution in [3.05, 3.63) is 70.9 Å². The van der Waals surface area contributed by atoms with E-state index in [1.807, 2.05) is 0 Å². The first-order valence-corrected chi connectivity index (χ1v) is 8.91. The summed E-state index contributed by atoms with van der Waals surface area (Å²) in [6.07, 6.45) is -7.74. The zero-order valence-corrected chi connectivity index (χ0v) is 16.1. The quantitative estimate of drug-likeness (QED) is 0.347. The van der Waals surface area contributed by atoms with Gasteiger partial charge < -0.3 is 16.4 Å². The van der Waals surface area contributed by atoms with Crippen molar-refractivity contribution in [2.45, 2.75) is 25.8 Å². The Morgan fingerprint density at radius 3 is 2.29 bits per heavy atom. The summed E-state index contributed by atoms with van der Waals surface area (Å²) in [6.45, 7) is 1.49. The van der Waals surface area contributed by atoms with Crippen LogP contribution in [0.15, 0.2) is 48.7 Å². The standard InChI is InChI=1S/C20H17F6N5/c1-11-9-29-18(30-13-6-7-16(27)15(8-13)20(24,25)26)31-17(11)28-10-12-4-2-3-5-14(12)19(21,22)23/h2-9H,10,27H2,1H3,(H2,28,29,30,31). The van der Waals surface area contributed by atoms with Crippen LogP contribution in [0.25, 0.3) is 0 Å². The summed E-state index contributed by atoms with van der Waals surface area (Å²) in [7, 11) is 0. The maximum absolute atomic E-state index is 13.2. The number of rotatable bonds is 5. The number of anilines is 4. The van der Waals surface area contributed by atoms with E-state index in [0.29, 0.717) is 5.56 Å². The predicted molar refractivity (Wildman–Crippen MR) is 105 cm³/mol. The number of aryl methyl sites for hydroxylation is 1. The van der Waals surface area contributed by atoms with Crippen LogP contribution in [-0.2, 0) is 18.9 Å². The number of hydrogen-bond donors (Lipinski definition) is 3. The molecule has 0 unspecified atom stereocenters. The second kappa shape index (κ2) is 8.32. The van der Waals surface area contributed by atoms with Gasteiger partial charge in [-0.05, 0) is 36.8 Å². The van der Waals surface area contributed by atoms with Crippen LogP contribution in [-0.4, -0.2) is 9.97 Å². The molecule has 0 spiro atoms. The molecule has 0 atom stereocenters. The number of halogens is 6. The molecule has 0 saturated carbocycles. The molecule has 0 bridgehead atoms. The molecule has 0 radical (unpaired) electrons. The van der Waals surface area contributed by atoms with Crippen molar-refractivity contribution in [1.82, 2.24) is 9.97 Å². The fourth-order valence-electron chi connectivity index (χ4n) is 2.82. The molecule has 3 rings (SSSR count). The molecule has 0 fully saturated rings. The van der Waals surface area contributed by atoms with Crippen LogP contribution in [0.1, 0.15) is 22.3 Å². The summed E-state index contributed by atoms with van der Waals surface area (Å²) >= 11 is 0. The maximum atomic E-state index is 13.2. The first-order chi connectivity index (χ1) is 14.4. The molecule has 0 aliphatic carbocycles. The molecule has 4 N–H and O–H groups in total. The van der Waals surface area contributed by atoms with E-state index in [4.69, 9.17) is 5.73 Å². The topological polar surface area (TPSA) is 75.9 Å². The van der Waals surface area contributed by atoms with Crippen molar-refractivity contribution < 1.29 is 26.3 Å². The molecule has 0 aliphatic heterocycles. The average molecular weight is 441 g/mol. The van der Waals surface area contributed by atoms with Gasteiger partial charge in [0.15, 0.2) is 0 Å². The molecular weight excluding hydrogens is 424 g/mol. The van der Waals surface area contributed by atoms with Gasteiger partial charge in [-0.2, -0.15) is 31.3 Å². The summed E-state index contributed by atoms with van der Waals surface area (Å²) in [5.41, 5.74) is 3.80. The zero-order valence-electron chi connectivity index (χ0n) is 16.1. The predicted octanol–water partition coefficient (Wildman–Crippen LogP) is 5.76. The highest BCUT2D eigenvalue weighted by molar-refractivity contribution is 5.63. The molecule has 0 saturated heterocycles. The highest BCUT2D eigenvalue weighted by Crippen LogP contribution is 2.36. The molecule has 31 heavy (non-hydrogen) atoms. The molecule has 5 nitrogen and oxygen atoms in total. The Morgan fingerprint density at radius 1 is 0.935 bits per heavy atom. The molecule has 0 amide bonds. The van der Waals surface area contributed by atoms with E-state index in [0.717, 1.165) is 18.2 Å².